The number of aromatic nitrogens is 1. The van der Waals surface area contributed by atoms with Crippen molar-refractivity contribution in [2.75, 3.05) is 10.6 Å². The topological polar surface area (TPSA) is 88.2 Å². The Morgan fingerprint density at radius 2 is 1.21 bits per heavy atom. The van der Waals surface area contributed by atoms with Crippen molar-refractivity contribution in [3.05, 3.63) is 88.7 Å². The third-order valence-corrected chi connectivity index (χ3v) is 4.29. The Hall–Kier alpha value is -3.80. The third kappa shape index (κ3) is 5.13. The van der Waals surface area contributed by atoms with E-state index >= 15 is 0 Å². The van der Waals surface area contributed by atoms with E-state index in [0.717, 1.165) is 11.1 Å². The fourth-order valence-corrected chi connectivity index (χ4v) is 2.93. The predicted octanol–water partition coefficient (Wildman–Crippen LogP) is 4.41. The lowest BCUT2D eigenvalue weighted by Gasteiger charge is -2.09. The van der Waals surface area contributed by atoms with Gasteiger partial charge in [-0.05, 0) is 74.4 Å². The van der Waals surface area contributed by atoms with Crippen molar-refractivity contribution in [1.29, 1.82) is 0 Å². The van der Waals surface area contributed by atoms with Gasteiger partial charge in [-0.3, -0.25) is 19.4 Å². The number of hydrogen-bond donors (Lipinski definition) is 2. The van der Waals surface area contributed by atoms with Crippen LogP contribution in [0.25, 0.3) is 0 Å². The smallest absolute Gasteiger partial charge is 0.257 e. The number of nitrogens with zero attached hydrogens (tertiary/aromatic N) is 1. The average molecular weight is 387 g/mol. The summed E-state index contributed by atoms with van der Waals surface area (Å²) in [5.41, 5.74) is 4.43. The van der Waals surface area contributed by atoms with E-state index in [4.69, 9.17) is 0 Å². The van der Waals surface area contributed by atoms with Gasteiger partial charge in [0.2, 0.25) is 0 Å². The van der Waals surface area contributed by atoms with Crippen molar-refractivity contribution in [3.8, 4) is 0 Å². The molecule has 0 saturated carbocycles. The summed E-state index contributed by atoms with van der Waals surface area (Å²) in [4.78, 5) is 40.4. The first-order chi connectivity index (χ1) is 13.8. The molecule has 0 aliphatic carbocycles. The van der Waals surface area contributed by atoms with Crippen LogP contribution in [0.5, 0.6) is 0 Å². The molecule has 0 fully saturated rings. The molecule has 146 valence electrons. The summed E-state index contributed by atoms with van der Waals surface area (Å²) in [6.45, 7) is 5.39. The van der Waals surface area contributed by atoms with Gasteiger partial charge >= 0.3 is 0 Å². The lowest BCUT2D eigenvalue weighted by atomic mass is 10.1. The van der Waals surface area contributed by atoms with Crippen LogP contribution in [-0.2, 0) is 0 Å². The average Bonchev–Trinajstić information content (AvgIpc) is 2.67. The Labute approximate surface area is 169 Å². The molecular formula is C23H21N3O3. The molecule has 6 heteroatoms. The zero-order chi connectivity index (χ0) is 21.0. The molecule has 6 nitrogen and oxygen atoms in total. The van der Waals surface area contributed by atoms with Gasteiger partial charge < -0.3 is 10.6 Å². The number of aryl methyl sites for hydroxylation is 2. The summed E-state index contributed by atoms with van der Waals surface area (Å²) in [7, 11) is 0. The zero-order valence-electron chi connectivity index (χ0n) is 16.4. The summed E-state index contributed by atoms with van der Waals surface area (Å²) < 4.78 is 0. The molecular weight excluding hydrogens is 366 g/mol. The summed E-state index contributed by atoms with van der Waals surface area (Å²) in [6.07, 6.45) is 2.81. The Balaban J connectivity index is 1.73. The minimum Gasteiger partial charge on any atom is -0.322 e. The fraction of sp³-hybridized carbons (Fsp3) is 0.130. The predicted molar refractivity (Wildman–Crippen MR) is 113 cm³/mol. The highest BCUT2D eigenvalue weighted by atomic mass is 16.2. The first-order valence-electron chi connectivity index (χ1n) is 9.09. The largest absolute Gasteiger partial charge is 0.322 e. The number of benzene rings is 2. The van der Waals surface area contributed by atoms with E-state index in [-0.39, 0.29) is 22.8 Å². The maximum Gasteiger partial charge on any atom is 0.257 e. The molecule has 29 heavy (non-hydrogen) atoms. The van der Waals surface area contributed by atoms with E-state index in [0.29, 0.717) is 16.9 Å². The highest BCUT2D eigenvalue weighted by Crippen LogP contribution is 2.16. The van der Waals surface area contributed by atoms with E-state index in [1.807, 2.05) is 32.0 Å². The van der Waals surface area contributed by atoms with E-state index in [1.165, 1.54) is 25.4 Å². The second-order valence-corrected chi connectivity index (χ2v) is 6.88. The molecule has 0 aliphatic rings. The van der Waals surface area contributed by atoms with Crippen LogP contribution in [0.1, 0.15) is 49.1 Å². The van der Waals surface area contributed by atoms with Gasteiger partial charge in [0.05, 0.1) is 11.1 Å². The van der Waals surface area contributed by atoms with Gasteiger partial charge in [0.25, 0.3) is 11.8 Å². The number of Topliss-reactive ketones (excluding diaryl/α,β-unsaturated/α-hetero) is 1. The molecule has 0 atom stereocenters. The van der Waals surface area contributed by atoms with Crippen molar-refractivity contribution in [2.24, 2.45) is 0 Å². The van der Waals surface area contributed by atoms with Crippen LogP contribution in [-0.4, -0.2) is 22.6 Å². The summed E-state index contributed by atoms with van der Waals surface area (Å²) in [6, 6.07) is 13.8. The van der Waals surface area contributed by atoms with Crippen LogP contribution >= 0.6 is 0 Å². The van der Waals surface area contributed by atoms with Crippen LogP contribution in [0, 0.1) is 13.8 Å². The molecule has 0 bridgehead atoms. The second-order valence-electron chi connectivity index (χ2n) is 6.88. The molecule has 0 aliphatic heterocycles. The number of hydrogen-bond acceptors (Lipinski definition) is 4. The molecule has 3 aromatic rings. The maximum absolute atomic E-state index is 12.6. The summed E-state index contributed by atoms with van der Waals surface area (Å²) in [5.74, 6) is -0.785. The highest BCUT2D eigenvalue weighted by Gasteiger charge is 2.12. The quantitative estimate of drug-likeness (QED) is 0.635. The van der Waals surface area contributed by atoms with E-state index < -0.39 is 5.91 Å². The van der Waals surface area contributed by atoms with Crippen molar-refractivity contribution in [2.45, 2.75) is 20.8 Å². The number of nitrogens with one attached hydrogen (secondary N) is 2. The monoisotopic (exact) mass is 387 g/mol. The highest BCUT2D eigenvalue weighted by molar-refractivity contribution is 6.08. The lowest BCUT2D eigenvalue weighted by Crippen LogP contribution is -2.16. The number of anilines is 2. The first-order valence-corrected chi connectivity index (χ1v) is 9.09. The SMILES string of the molecule is CC(=O)c1ccc(NC(=O)c2cncc(C(=O)Nc3cc(C)cc(C)c3)c2)cc1. The third-order valence-electron chi connectivity index (χ3n) is 4.29. The molecule has 3 rings (SSSR count). The van der Waals surface area contributed by atoms with Gasteiger partial charge in [-0.1, -0.05) is 6.07 Å². The molecule has 2 aromatic carbocycles. The molecule has 1 heterocycles. The van der Waals surface area contributed by atoms with Crippen LogP contribution in [0.3, 0.4) is 0 Å². The Morgan fingerprint density at radius 1 is 0.690 bits per heavy atom. The molecule has 0 radical (unpaired) electrons. The minimum absolute atomic E-state index is 0.0467. The molecule has 0 unspecified atom stereocenters. The normalized spacial score (nSPS) is 10.3. The van der Waals surface area contributed by atoms with Crippen molar-refractivity contribution in [1.82, 2.24) is 4.98 Å². The minimum atomic E-state index is -0.394. The summed E-state index contributed by atoms with van der Waals surface area (Å²) in [5, 5.41) is 5.56. The Kier molecular flexibility index (Phi) is 5.83. The van der Waals surface area contributed by atoms with Crippen LogP contribution in [0.4, 0.5) is 11.4 Å². The van der Waals surface area contributed by atoms with Crippen LogP contribution < -0.4 is 10.6 Å². The first kappa shape index (κ1) is 19.9. The van der Waals surface area contributed by atoms with Crippen LogP contribution in [0.15, 0.2) is 60.9 Å². The van der Waals surface area contributed by atoms with Gasteiger partial charge in [0.15, 0.2) is 5.78 Å². The number of ketones is 1. The van der Waals surface area contributed by atoms with E-state index in [1.54, 1.807) is 24.3 Å². The lowest BCUT2D eigenvalue weighted by molar-refractivity contribution is 0.101. The molecule has 2 amide bonds. The molecule has 0 spiro atoms. The van der Waals surface area contributed by atoms with Crippen molar-refractivity contribution >= 4 is 29.0 Å². The standard InChI is InChI=1S/C23H21N3O3/c1-14-8-15(2)10-21(9-14)26-23(29)19-11-18(12-24-13-19)22(28)25-20-6-4-17(5-7-20)16(3)27/h4-13H,1-3H3,(H,25,28)(H,26,29). The van der Waals surface area contributed by atoms with Gasteiger partial charge in [0, 0.05) is 29.3 Å². The molecule has 1 aromatic heterocycles. The summed E-state index contributed by atoms with van der Waals surface area (Å²) >= 11 is 0. The van der Waals surface area contributed by atoms with Gasteiger partial charge in [-0.2, -0.15) is 0 Å². The van der Waals surface area contributed by atoms with Crippen LogP contribution in [0.2, 0.25) is 0 Å². The van der Waals surface area contributed by atoms with Crippen molar-refractivity contribution < 1.29 is 14.4 Å². The maximum atomic E-state index is 12.6. The number of carbonyl (C=O) groups is 3. The van der Waals surface area contributed by atoms with E-state index in [2.05, 4.69) is 15.6 Å². The Morgan fingerprint density at radius 3 is 1.72 bits per heavy atom. The van der Waals surface area contributed by atoms with Gasteiger partial charge in [-0.15, -0.1) is 0 Å². The van der Waals surface area contributed by atoms with Crippen molar-refractivity contribution in [3.63, 3.8) is 0 Å². The number of amides is 2. The zero-order valence-corrected chi connectivity index (χ0v) is 16.4. The number of rotatable bonds is 5. The molecule has 0 saturated heterocycles. The van der Waals surface area contributed by atoms with Gasteiger partial charge in [-0.25, -0.2) is 0 Å². The molecule has 2 N–H and O–H groups in total. The fourth-order valence-electron chi connectivity index (χ4n) is 2.93. The van der Waals surface area contributed by atoms with Gasteiger partial charge in [0.1, 0.15) is 0 Å². The number of carbonyl (C=O) groups excluding carboxylic acids is 3. The van der Waals surface area contributed by atoms with E-state index in [9.17, 15) is 14.4 Å². The Bertz CT molecular complexity index is 1070. The second kappa shape index (κ2) is 8.48. The number of pyridine rings is 1.